The van der Waals surface area contributed by atoms with Gasteiger partial charge in [0.25, 0.3) is 0 Å². The summed E-state index contributed by atoms with van der Waals surface area (Å²) in [5.41, 5.74) is 1.07. The van der Waals surface area contributed by atoms with Gasteiger partial charge in [-0.05, 0) is 17.5 Å². The smallest absolute Gasteiger partial charge is 0.230 e. The molecule has 41 heavy (non-hydrogen) atoms. The van der Waals surface area contributed by atoms with Crippen molar-refractivity contribution in [2.24, 2.45) is 0 Å². The largest absolute Gasteiger partial charge is 0.457 e. The Hall–Kier alpha value is -2.55. The van der Waals surface area contributed by atoms with Gasteiger partial charge in [0, 0.05) is 32.7 Å². The first-order valence-electron chi connectivity index (χ1n) is 15.2. The molecule has 6 rings (SSSR count). The van der Waals surface area contributed by atoms with Crippen LogP contribution in [0.15, 0.2) is 84.9 Å². The number of fused-ring (bicyclic) bond motifs is 3. The summed E-state index contributed by atoms with van der Waals surface area (Å²) in [7, 11) is 0. The standard InChI is InChI=1S/C15H10.C11H8O2.6C2H6.Y/c1-11-5-4-7-13-10-9-12-6-2-3-8-14(12)15(11)13;1-3-8-4-2-6-10-11(8)9(5-1)12-7-13-10;6*1-2;/h2-7,9-10H,1H2;1-6H,7H2;6*1-2H3;/q-2;;;;;;;;. The van der Waals surface area contributed by atoms with Gasteiger partial charge < -0.3 is 9.47 Å². The van der Waals surface area contributed by atoms with Crippen LogP contribution >= 0.6 is 0 Å². The number of hydrogen-bond donors (Lipinski definition) is 0. The quantitative estimate of drug-likeness (QED) is 0.125. The van der Waals surface area contributed by atoms with Crippen LogP contribution in [0.3, 0.4) is 0 Å². The maximum absolute atomic E-state index is 5.37. The third-order valence-electron chi connectivity index (χ3n) is 5.02. The van der Waals surface area contributed by atoms with E-state index in [2.05, 4.69) is 49.4 Å². The Labute approximate surface area is 277 Å². The molecule has 0 spiro atoms. The number of rotatable bonds is 0. The minimum Gasteiger partial charge on any atom is -0.457 e. The second kappa shape index (κ2) is 27.6. The van der Waals surface area contributed by atoms with E-state index in [1.165, 1.54) is 21.5 Å². The summed E-state index contributed by atoms with van der Waals surface area (Å²) in [5, 5.41) is 7.08. The van der Waals surface area contributed by atoms with E-state index < -0.39 is 0 Å². The molecule has 0 amide bonds. The first-order valence-corrected chi connectivity index (χ1v) is 15.2. The summed E-state index contributed by atoms with van der Waals surface area (Å²) in [4.78, 5) is 0. The molecule has 0 saturated carbocycles. The third-order valence-corrected chi connectivity index (χ3v) is 5.02. The summed E-state index contributed by atoms with van der Waals surface area (Å²) in [6, 6.07) is 31.9. The van der Waals surface area contributed by atoms with Crippen LogP contribution < -0.4 is 9.47 Å². The Balaban J connectivity index is -0.000000510. The Kier molecular flexibility index (Phi) is 28.9. The van der Waals surface area contributed by atoms with Gasteiger partial charge in [-0.15, -0.1) is 46.5 Å². The molecule has 1 radical (unpaired) electrons. The van der Waals surface area contributed by atoms with Crippen molar-refractivity contribution in [3.8, 4) is 11.5 Å². The van der Waals surface area contributed by atoms with Crippen molar-refractivity contribution in [3.05, 3.63) is 103 Å². The molecule has 0 N–H and O–H groups in total. The van der Waals surface area contributed by atoms with Gasteiger partial charge in [0.15, 0.2) is 0 Å². The van der Waals surface area contributed by atoms with E-state index in [-0.39, 0.29) is 32.7 Å². The van der Waals surface area contributed by atoms with Gasteiger partial charge in [-0.3, -0.25) is 0 Å². The van der Waals surface area contributed by atoms with E-state index in [1.54, 1.807) is 0 Å². The molecule has 0 fully saturated rings. The average molecular weight is 632 g/mol. The van der Waals surface area contributed by atoms with Gasteiger partial charge in [-0.2, -0.15) is 18.6 Å². The van der Waals surface area contributed by atoms with Crippen molar-refractivity contribution in [1.82, 2.24) is 0 Å². The Morgan fingerprint density at radius 3 is 1.44 bits per heavy atom. The van der Waals surface area contributed by atoms with Crippen molar-refractivity contribution >= 4 is 32.3 Å². The number of benzene rings is 5. The van der Waals surface area contributed by atoms with Gasteiger partial charge in [0.2, 0.25) is 6.79 Å². The fourth-order valence-corrected chi connectivity index (χ4v) is 3.72. The molecule has 0 saturated heterocycles. The van der Waals surface area contributed by atoms with Crippen LogP contribution in [0.25, 0.3) is 32.3 Å². The molecule has 5 aromatic carbocycles. The third kappa shape index (κ3) is 12.5. The predicted molar refractivity (Wildman–Crippen MR) is 183 cm³/mol. The van der Waals surface area contributed by atoms with Gasteiger partial charge >= 0.3 is 0 Å². The maximum Gasteiger partial charge on any atom is 0.230 e. The van der Waals surface area contributed by atoms with Crippen molar-refractivity contribution in [3.63, 3.8) is 0 Å². The van der Waals surface area contributed by atoms with Crippen molar-refractivity contribution in [2.75, 3.05) is 6.79 Å². The van der Waals surface area contributed by atoms with Crippen LogP contribution in [0.5, 0.6) is 11.5 Å². The molecule has 0 aliphatic carbocycles. The molecule has 223 valence electrons. The molecule has 5 aromatic rings. The van der Waals surface area contributed by atoms with E-state index in [4.69, 9.17) is 9.47 Å². The summed E-state index contributed by atoms with van der Waals surface area (Å²) >= 11 is 0. The van der Waals surface area contributed by atoms with E-state index in [0.717, 1.165) is 27.8 Å². The van der Waals surface area contributed by atoms with Crippen LogP contribution in [-0.4, -0.2) is 6.79 Å². The predicted octanol–water partition coefficient (Wildman–Crippen LogP) is 12.7. The van der Waals surface area contributed by atoms with Crippen LogP contribution in [0.4, 0.5) is 0 Å². The minimum atomic E-state index is 0. The average Bonchev–Trinajstić information content (AvgIpc) is 3.07. The molecule has 2 nitrogen and oxygen atoms in total. The molecule has 1 aliphatic rings. The van der Waals surface area contributed by atoms with Gasteiger partial charge in [-0.1, -0.05) is 131 Å². The Bertz CT molecular complexity index is 1270. The maximum atomic E-state index is 5.37. The van der Waals surface area contributed by atoms with E-state index in [1.807, 2.05) is 132 Å². The topological polar surface area (TPSA) is 18.5 Å². The van der Waals surface area contributed by atoms with Gasteiger partial charge in [0.1, 0.15) is 11.5 Å². The molecule has 1 aliphatic heterocycles. The second-order valence-corrected chi connectivity index (χ2v) is 6.73. The fraction of sp³-hybridized carbons (Fsp3) is 0.342. The Morgan fingerprint density at radius 2 is 0.927 bits per heavy atom. The summed E-state index contributed by atoms with van der Waals surface area (Å²) in [6.45, 7) is 28.4. The van der Waals surface area contributed by atoms with E-state index >= 15 is 0 Å². The zero-order valence-electron chi connectivity index (χ0n) is 27.9. The summed E-state index contributed by atoms with van der Waals surface area (Å²) in [6.07, 6.45) is 0. The van der Waals surface area contributed by atoms with Gasteiger partial charge in [0.05, 0.1) is 5.39 Å². The molecular weight excluding hydrogens is 577 g/mol. The normalized spacial score (nSPS) is 9.17. The summed E-state index contributed by atoms with van der Waals surface area (Å²) in [5.74, 6) is 1.83. The molecule has 0 bridgehead atoms. The molecule has 0 unspecified atom stereocenters. The monoisotopic (exact) mass is 631 g/mol. The molecule has 0 aromatic heterocycles. The molecule has 1 heterocycles. The number of hydrogen-bond acceptors (Lipinski definition) is 2. The first-order chi connectivity index (χ1) is 19.8. The van der Waals surface area contributed by atoms with E-state index in [0.29, 0.717) is 6.79 Å². The Morgan fingerprint density at radius 1 is 0.512 bits per heavy atom. The molecular formula is C38H54O2Y-2. The van der Waals surface area contributed by atoms with Crippen LogP contribution in [0.2, 0.25) is 0 Å². The van der Waals surface area contributed by atoms with Gasteiger partial charge in [-0.25, -0.2) is 0 Å². The SMILES string of the molecule is CC.CC.CC.CC.CC.CC.[CH2-]c1cccc2ccc3ccc[c-]c3c12.[Y].c1cc2c3c(cccc3c1)OCO2. The second-order valence-electron chi connectivity index (χ2n) is 6.73. The van der Waals surface area contributed by atoms with Crippen molar-refractivity contribution in [1.29, 1.82) is 0 Å². The zero-order chi connectivity index (χ0) is 30.9. The zero-order valence-corrected chi connectivity index (χ0v) is 30.7. The summed E-state index contributed by atoms with van der Waals surface area (Å²) < 4.78 is 10.7. The van der Waals surface area contributed by atoms with Crippen LogP contribution in [0, 0.1) is 13.0 Å². The number of ether oxygens (including phenoxy) is 2. The minimum absolute atomic E-state index is 0. The first kappa shape index (κ1) is 42.9. The van der Waals surface area contributed by atoms with Crippen molar-refractivity contribution in [2.45, 2.75) is 83.1 Å². The van der Waals surface area contributed by atoms with Crippen LogP contribution in [0.1, 0.15) is 88.6 Å². The van der Waals surface area contributed by atoms with Crippen LogP contribution in [-0.2, 0) is 32.7 Å². The fourth-order valence-electron chi connectivity index (χ4n) is 3.72. The molecule has 3 heteroatoms. The van der Waals surface area contributed by atoms with Crippen molar-refractivity contribution < 1.29 is 42.2 Å². The van der Waals surface area contributed by atoms with E-state index in [9.17, 15) is 0 Å². The molecule has 0 atom stereocenters.